The highest BCUT2D eigenvalue weighted by molar-refractivity contribution is 6.33. The molecule has 1 aromatic rings. The van der Waals surface area contributed by atoms with Crippen LogP contribution in [0.1, 0.15) is 6.42 Å². The lowest BCUT2D eigenvalue weighted by molar-refractivity contribution is -0.143. The first-order valence-electron chi connectivity index (χ1n) is 7.74. The summed E-state index contributed by atoms with van der Waals surface area (Å²) in [6.45, 7) is -0.349. The van der Waals surface area contributed by atoms with Gasteiger partial charge in [0.2, 0.25) is 17.7 Å². The summed E-state index contributed by atoms with van der Waals surface area (Å²) in [4.78, 5) is 38.2. The Hall–Kier alpha value is -2.21. The molecule has 0 spiro atoms. The number of nitrogens with zero attached hydrogens (tertiary/aromatic N) is 1. The van der Waals surface area contributed by atoms with Crippen molar-refractivity contribution in [2.24, 2.45) is 23.7 Å². The van der Waals surface area contributed by atoms with E-state index in [-0.39, 0.29) is 52.7 Å². The summed E-state index contributed by atoms with van der Waals surface area (Å²) in [5, 5.41) is 2.57. The third-order valence-corrected chi connectivity index (χ3v) is 5.38. The third kappa shape index (κ3) is 2.24. The Morgan fingerprint density at radius 3 is 2.42 bits per heavy atom. The Morgan fingerprint density at radius 2 is 1.83 bits per heavy atom. The van der Waals surface area contributed by atoms with E-state index in [0.29, 0.717) is 0 Å². The van der Waals surface area contributed by atoms with E-state index in [2.05, 4.69) is 5.32 Å². The lowest BCUT2D eigenvalue weighted by Crippen LogP contribution is -2.39. The zero-order chi connectivity index (χ0) is 17.0. The van der Waals surface area contributed by atoms with E-state index < -0.39 is 11.7 Å². The van der Waals surface area contributed by atoms with Crippen LogP contribution in [-0.4, -0.2) is 29.2 Å². The van der Waals surface area contributed by atoms with Crippen molar-refractivity contribution < 1.29 is 18.8 Å². The van der Waals surface area contributed by atoms with Crippen molar-refractivity contribution in [3.8, 4) is 0 Å². The maximum absolute atomic E-state index is 13.0. The van der Waals surface area contributed by atoms with Crippen LogP contribution in [0, 0.1) is 29.5 Å². The summed E-state index contributed by atoms with van der Waals surface area (Å²) in [5.74, 6) is -2.04. The van der Waals surface area contributed by atoms with Crippen molar-refractivity contribution >= 4 is 35.0 Å². The van der Waals surface area contributed by atoms with Crippen LogP contribution in [-0.2, 0) is 14.4 Å². The van der Waals surface area contributed by atoms with Crippen molar-refractivity contribution in [2.75, 3.05) is 11.9 Å². The van der Waals surface area contributed by atoms with Crippen molar-refractivity contribution in [3.63, 3.8) is 0 Å². The van der Waals surface area contributed by atoms with E-state index in [1.807, 2.05) is 12.2 Å². The molecular formula is C17H14ClFN2O3. The Kier molecular flexibility index (Phi) is 3.46. The molecular weight excluding hydrogens is 335 g/mol. The molecule has 1 saturated carbocycles. The molecule has 3 amide bonds. The number of allylic oxidation sites excluding steroid dienone is 2. The smallest absolute Gasteiger partial charge is 0.244 e. The minimum atomic E-state index is -0.537. The van der Waals surface area contributed by atoms with Crippen molar-refractivity contribution in [2.45, 2.75) is 6.42 Å². The molecule has 0 radical (unpaired) electrons. The second-order valence-electron chi connectivity index (χ2n) is 6.43. The van der Waals surface area contributed by atoms with Gasteiger partial charge in [-0.2, -0.15) is 0 Å². The van der Waals surface area contributed by atoms with Gasteiger partial charge < -0.3 is 5.32 Å². The fourth-order valence-electron chi connectivity index (χ4n) is 4.04. The Morgan fingerprint density at radius 1 is 1.21 bits per heavy atom. The Bertz CT molecular complexity index is 764. The van der Waals surface area contributed by atoms with E-state index >= 15 is 0 Å². The van der Waals surface area contributed by atoms with E-state index in [1.54, 1.807) is 0 Å². The second-order valence-corrected chi connectivity index (χ2v) is 6.84. The van der Waals surface area contributed by atoms with E-state index in [4.69, 9.17) is 11.6 Å². The number of hydrogen-bond acceptors (Lipinski definition) is 3. The molecule has 4 atom stereocenters. The standard InChI is InChI=1S/C17H14ClFN2O3/c18-11-6-10(19)3-4-12(11)20-13(22)7-21-16(23)14-8-1-2-9(5-8)15(14)17(21)24/h1-4,6,8-9,14-15H,5,7H2,(H,20,22). The van der Waals surface area contributed by atoms with Gasteiger partial charge in [0.1, 0.15) is 12.4 Å². The number of rotatable bonds is 3. The first-order chi connectivity index (χ1) is 11.5. The topological polar surface area (TPSA) is 66.5 Å². The molecule has 124 valence electrons. The molecule has 2 aliphatic carbocycles. The monoisotopic (exact) mass is 348 g/mol. The number of carbonyl (C=O) groups excluding carboxylic acids is 3. The van der Waals surface area contributed by atoms with Crippen molar-refractivity contribution in [3.05, 3.63) is 41.2 Å². The average Bonchev–Trinajstić information content (AvgIpc) is 3.20. The van der Waals surface area contributed by atoms with Gasteiger partial charge in [0.05, 0.1) is 22.5 Å². The van der Waals surface area contributed by atoms with Gasteiger partial charge >= 0.3 is 0 Å². The highest BCUT2D eigenvalue weighted by Gasteiger charge is 2.59. The molecule has 4 rings (SSSR count). The second kappa shape index (κ2) is 5.41. The van der Waals surface area contributed by atoms with Crippen LogP contribution in [0.2, 0.25) is 5.02 Å². The van der Waals surface area contributed by atoms with Crippen LogP contribution in [0.3, 0.4) is 0 Å². The number of amides is 3. The number of benzene rings is 1. The SMILES string of the molecule is O=C(CN1C(=O)C2C3C=CC(C3)C2C1=O)Nc1ccc(F)cc1Cl. The van der Waals surface area contributed by atoms with Crippen LogP contribution in [0.5, 0.6) is 0 Å². The van der Waals surface area contributed by atoms with Crippen LogP contribution in [0.15, 0.2) is 30.4 Å². The Labute approximate surface area is 142 Å². The summed E-state index contributed by atoms with van der Waals surface area (Å²) in [6.07, 6.45) is 4.84. The highest BCUT2D eigenvalue weighted by atomic mass is 35.5. The van der Waals surface area contributed by atoms with Crippen molar-refractivity contribution in [1.82, 2.24) is 4.90 Å². The summed E-state index contributed by atoms with van der Waals surface area (Å²) in [7, 11) is 0. The zero-order valence-electron chi connectivity index (χ0n) is 12.5. The fourth-order valence-corrected chi connectivity index (χ4v) is 4.26. The third-order valence-electron chi connectivity index (χ3n) is 5.07. The number of fused-ring (bicyclic) bond motifs is 5. The van der Waals surface area contributed by atoms with Gasteiger partial charge in [-0.15, -0.1) is 0 Å². The molecule has 1 aromatic carbocycles. The van der Waals surface area contributed by atoms with Gasteiger partial charge in [-0.1, -0.05) is 23.8 Å². The molecule has 7 heteroatoms. The van der Waals surface area contributed by atoms with Gasteiger partial charge in [-0.25, -0.2) is 4.39 Å². The van der Waals surface area contributed by atoms with Crippen molar-refractivity contribution in [1.29, 1.82) is 0 Å². The summed E-state index contributed by atoms with van der Waals surface area (Å²) in [5.41, 5.74) is 0.240. The quantitative estimate of drug-likeness (QED) is 0.673. The van der Waals surface area contributed by atoms with Crippen LogP contribution in [0.25, 0.3) is 0 Å². The van der Waals surface area contributed by atoms with Gasteiger partial charge in [-0.3, -0.25) is 19.3 Å². The number of halogens is 2. The average molecular weight is 349 g/mol. The predicted octanol–water partition coefficient (Wildman–Crippen LogP) is 2.22. The predicted molar refractivity (Wildman–Crippen MR) is 84.5 cm³/mol. The number of imide groups is 1. The molecule has 2 fully saturated rings. The summed E-state index contributed by atoms with van der Waals surface area (Å²) < 4.78 is 13.0. The maximum atomic E-state index is 13.0. The lowest BCUT2D eigenvalue weighted by atomic mass is 9.85. The largest absolute Gasteiger partial charge is 0.323 e. The minimum Gasteiger partial charge on any atom is -0.323 e. The highest BCUT2D eigenvalue weighted by Crippen LogP contribution is 2.52. The van der Waals surface area contributed by atoms with Gasteiger partial charge in [0.15, 0.2) is 0 Å². The number of carbonyl (C=O) groups is 3. The zero-order valence-corrected chi connectivity index (χ0v) is 13.3. The molecule has 3 aliphatic rings. The number of nitrogens with one attached hydrogen (secondary N) is 1. The van der Waals surface area contributed by atoms with Gasteiger partial charge in [0, 0.05) is 0 Å². The molecule has 2 bridgehead atoms. The van der Waals surface area contributed by atoms with Crippen LogP contribution >= 0.6 is 11.6 Å². The van der Waals surface area contributed by atoms with E-state index in [9.17, 15) is 18.8 Å². The molecule has 1 N–H and O–H groups in total. The number of likely N-dealkylation sites (tertiary alicyclic amines) is 1. The van der Waals surface area contributed by atoms with Crippen LogP contribution < -0.4 is 5.32 Å². The number of hydrogen-bond donors (Lipinski definition) is 1. The minimum absolute atomic E-state index is 0.0570. The molecule has 1 aliphatic heterocycles. The first kappa shape index (κ1) is 15.3. The normalized spacial score (nSPS) is 30.2. The van der Waals surface area contributed by atoms with Gasteiger partial charge in [-0.05, 0) is 36.5 Å². The Balaban J connectivity index is 1.47. The fraction of sp³-hybridized carbons (Fsp3) is 0.353. The summed E-state index contributed by atoms with van der Waals surface area (Å²) in [6, 6.07) is 3.58. The molecule has 4 unspecified atom stereocenters. The molecule has 1 saturated heterocycles. The molecule has 24 heavy (non-hydrogen) atoms. The maximum Gasteiger partial charge on any atom is 0.244 e. The van der Waals surface area contributed by atoms with E-state index in [1.165, 1.54) is 12.1 Å². The first-order valence-corrected chi connectivity index (χ1v) is 8.12. The lowest BCUT2D eigenvalue weighted by Gasteiger charge is -2.17. The molecule has 1 heterocycles. The van der Waals surface area contributed by atoms with Crippen LogP contribution in [0.4, 0.5) is 10.1 Å². The summed E-state index contributed by atoms with van der Waals surface area (Å²) >= 11 is 5.86. The number of anilines is 1. The van der Waals surface area contributed by atoms with E-state index in [0.717, 1.165) is 17.4 Å². The molecule has 0 aromatic heterocycles. The van der Waals surface area contributed by atoms with Gasteiger partial charge in [0.25, 0.3) is 0 Å². The molecule has 5 nitrogen and oxygen atoms in total.